The van der Waals surface area contributed by atoms with Gasteiger partial charge in [-0.2, -0.15) is 0 Å². The van der Waals surface area contributed by atoms with Crippen LogP contribution >= 0.6 is 0 Å². The number of hydrogen-bond donors (Lipinski definition) is 0. The minimum atomic E-state index is 0.279. The maximum absolute atomic E-state index is 12.3. The number of hydrogen-bond acceptors (Lipinski definition) is 3. The third kappa shape index (κ3) is 3.04. The number of rotatable bonds is 5. The van der Waals surface area contributed by atoms with Crippen LogP contribution in [0.2, 0.25) is 0 Å². The number of nitrogens with zero attached hydrogens (tertiary/aromatic N) is 2. The Labute approximate surface area is 168 Å². The molecule has 0 amide bonds. The van der Waals surface area contributed by atoms with E-state index in [9.17, 15) is 4.79 Å². The molecule has 2 aromatic carbocycles. The SMILES string of the molecule is CCCC1(CN2CCCN(c3ccc4c5c(cccc35)C(=O)C4)CC2)CCC1. The fourth-order valence-corrected chi connectivity index (χ4v) is 5.93. The highest BCUT2D eigenvalue weighted by Gasteiger charge is 2.37. The highest BCUT2D eigenvalue weighted by Crippen LogP contribution is 2.45. The van der Waals surface area contributed by atoms with E-state index in [0.717, 1.165) is 25.2 Å². The first-order valence-electron chi connectivity index (χ1n) is 11.2. The molecule has 3 nitrogen and oxygen atoms in total. The maximum Gasteiger partial charge on any atom is 0.167 e. The molecule has 0 radical (unpaired) electrons. The summed E-state index contributed by atoms with van der Waals surface area (Å²) in [6.07, 6.45) is 8.82. The first-order valence-corrected chi connectivity index (χ1v) is 11.2. The Morgan fingerprint density at radius 1 is 1.00 bits per heavy atom. The Balaban J connectivity index is 1.36. The number of carbonyl (C=O) groups is 1. The van der Waals surface area contributed by atoms with Crippen LogP contribution in [-0.4, -0.2) is 43.4 Å². The standard InChI is InChI=1S/C25H32N2O/c1-2-10-25(11-4-12-25)18-26-13-5-14-27(16-15-26)22-9-8-19-17-23(28)21-7-3-6-20(22)24(19)21/h3,6-9H,2,4-5,10-18H2,1H3. The summed E-state index contributed by atoms with van der Waals surface area (Å²) >= 11 is 0. The highest BCUT2D eigenvalue weighted by atomic mass is 16.1. The fourth-order valence-electron chi connectivity index (χ4n) is 5.93. The normalized spacial score (nSPS) is 21.8. The third-order valence-electron chi connectivity index (χ3n) is 7.44. The average Bonchev–Trinajstić information content (AvgIpc) is 2.85. The minimum Gasteiger partial charge on any atom is -0.370 e. The first kappa shape index (κ1) is 18.2. The van der Waals surface area contributed by atoms with Crippen LogP contribution in [0, 0.1) is 5.41 Å². The summed E-state index contributed by atoms with van der Waals surface area (Å²) in [5.74, 6) is 0.279. The monoisotopic (exact) mass is 376 g/mol. The molecule has 1 saturated heterocycles. The Bertz CT molecular complexity index is 899. The number of ketones is 1. The van der Waals surface area contributed by atoms with Gasteiger partial charge in [0, 0.05) is 49.2 Å². The van der Waals surface area contributed by atoms with Crippen LogP contribution in [0.3, 0.4) is 0 Å². The van der Waals surface area contributed by atoms with E-state index < -0.39 is 0 Å². The van der Waals surface area contributed by atoms with E-state index in [4.69, 9.17) is 0 Å². The molecule has 28 heavy (non-hydrogen) atoms. The second-order valence-corrected chi connectivity index (χ2v) is 9.29. The predicted molar refractivity (Wildman–Crippen MR) is 116 cm³/mol. The average molecular weight is 377 g/mol. The van der Waals surface area contributed by atoms with Crippen molar-refractivity contribution < 1.29 is 4.79 Å². The van der Waals surface area contributed by atoms with E-state index in [1.807, 2.05) is 6.07 Å². The lowest BCUT2D eigenvalue weighted by molar-refractivity contribution is 0.0594. The molecular formula is C25H32N2O. The van der Waals surface area contributed by atoms with Crippen LogP contribution in [0.25, 0.3) is 10.8 Å². The summed E-state index contributed by atoms with van der Waals surface area (Å²) < 4.78 is 0. The molecule has 0 bridgehead atoms. The Kier molecular flexibility index (Phi) is 4.66. The number of carbonyl (C=O) groups excluding carboxylic acids is 1. The second-order valence-electron chi connectivity index (χ2n) is 9.29. The smallest absolute Gasteiger partial charge is 0.167 e. The zero-order valence-corrected chi connectivity index (χ0v) is 17.2. The van der Waals surface area contributed by atoms with Gasteiger partial charge in [0.1, 0.15) is 0 Å². The summed E-state index contributed by atoms with van der Waals surface area (Å²) in [6, 6.07) is 10.7. The van der Waals surface area contributed by atoms with Crippen molar-refractivity contribution in [3.8, 4) is 0 Å². The molecule has 0 atom stereocenters. The quantitative estimate of drug-likeness (QED) is 0.729. The summed E-state index contributed by atoms with van der Waals surface area (Å²) in [6.45, 7) is 8.23. The number of Topliss-reactive ketones (excluding diaryl/α,β-unsaturated/α-hetero) is 1. The van der Waals surface area contributed by atoms with Crippen molar-refractivity contribution in [2.45, 2.75) is 51.9 Å². The minimum absolute atomic E-state index is 0.279. The second kappa shape index (κ2) is 7.18. The van der Waals surface area contributed by atoms with Crippen molar-refractivity contribution in [3.05, 3.63) is 41.5 Å². The van der Waals surface area contributed by atoms with Crippen molar-refractivity contribution in [2.24, 2.45) is 5.41 Å². The van der Waals surface area contributed by atoms with E-state index in [1.54, 1.807) is 0 Å². The van der Waals surface area contributed by atoms with Gasteiger partial charge in [0.15, 0.2) is 5.78 Å². The molecule has 0 aromatic heterocycles. The third-order valence-corrected chi connectivity index (χ3v) is 7.44. The molecule has 0 unspecified atom stereocenters. The molecule has 0 spiro atoms. The number of anilines is 1. The maximum atomic E-state index is 12.3. The molecule has 3 aliphatic rings. The van der Waals surface area contributed by atoms with Gasteiger partial charge in [-0.05, 0) is 54.7 Å². The molecule has 1 heterocycles. The van der Waals surface area contributed by atoms with Gasteiger partial charge in [-0.15, -0.1) is 0 Å². The molecule has 2 aromatic rings. The van der Waals surface area contributed by atoms with Crippen LogP contribution < -0.4 is 4.90 Å². The molecule has 3 heteroatoms. The molecule has 148 valence electrons. The molecule has 0 N–H and O–H groups in total. The predicted octanol–water partition coefficient (Wildman–Crippen LogP) is 5.06. The molecule has 2 fully saturated rings. The van der Waals surface area contributed by atoms with Gasteiger partial charge < -0.3 is 9.80 Å². The Hall–Kier alpha value is -1.87. The zero-order chi connectivity index (χ0) is 19.1. The van der Waals surface area contributed by atoms with Gasteiger partial charge in [-0.25, -0.2) is 0 Å². The van der Waals surface area contributed by atoms with Crippen molar-refractivity contribution in [1.29, 1.82) is 0 Å². The molecular weight excluding hydrogens is 344 g/mol. The van der Waals surface area contributed by atoms with Gasteiger partial charge in [0.25, 0.3) is 0 Å². The summed E-state index contributed by atoms with van der Waals surface area (Å²) in [5.41, 5.74) is 4.08. The topological polar surface area (TPSA) is 23.6 Å². The van der Waals surface area contributed by atoms with Crippen molar-refractivity contribution in [1.82, 2.24) is 4.90 Å². The van der Waals surface area contributed by atoms with Gasteiger partial charge in [-0.1, -0.05) is 44.0 Å². The van der Waals surface area contributed by atoms with Crippen LogP contribution in [0.15, 0.2) is 30.3 Å². The van der Waals surface area contributed by atoms with E-state index >= 15 is 0 Å². The van der Waals surface area contributed by atoms with E-state index in [0.29, 0.717) is 11.8 Å². The lowest BCUT2D eigenvalue weighted by Crippen LogP contribution is -2.43. The van der Waals surface area contributed by atoms with Crippen LogP contribution in [0.4, 0.5) is 5.69 Å². The van der Waals surface area contributed by atoms with Gasteiger partial charge >= 0.3 is 0 Å². The van der Waals surface area contributed by atoms with Crippen molar-refractivity contribution in [2.75, 3.05) is 37.6 Å². The lowest BCUT2D eigenvalue weighted by atomic mass is 9.66. The lowest BCUT2D eigenvalue weighted by Gasteiger charge is -2.45. The van der Waals surface area contributed by atoms with Gasteiger partial charge in [-0.3, -0.25) is 4.79 Å². The molecule has 1 aliphatic heterocycles. The van der Waals surface area contributed by atoms with E-state index in [1.165, 1.54) is 73.6 Å². The van der Waals surface area contributed by atoms with Crippen LogP contribution in [-0.2, 0) is 6.42 Å². The molecule has 5 rings (SSSR count). The van der Waals surface area contributed by atoms with E-state index in [-0.39, 0.29) is 5.78 Å². The highest BCUT2D eigenvalue weighted by molar-refractivity contribution is 6.17. The summed E-state index contributed by atoms with van der Waals surface area (Å²) in [4.78, 5) is 17.6. The van der Waals surface area contributed by atoms with E-state index in [2.05, 4.69) is 41.0 Å². The first-order chi connectivity index (χ1) is 13.7. The fraction of sp³-hybridized carbons (Fsp3) is 0.560. The summed E-state index contributed by atoms with van der Waals surface area (Å²) in [5, 5.41) is 2.48. The van der Waals surface area contributed by atoms with Crippen molar-refractivity contribution >= 4 is 22.2 Å². The largest absolute Gasteiger partial charge is 0.370 e. The summed E-state index contributed by atoms with van der Waals surface area (Å²) in [7, 11) is 0. The van der Waals surface area contributed by atoms with Crippen LogP contribution in [0.1, 0.15) is 61.4 Å². The molecule has 2 aliphatic carbocycles. The van der Waals surface area contributed by atoms with Gasteiger partial charge in [0.05, 0.1) is 0 Å². The van der Waals surface area contributed by atoms with Crippen molar-refractivity contribution in [3.63, 3.8) is 0 Å². The number of benzene rings is 2. The Morgan fingerprint density at radius 2 is 1.89 bits per heavy atom. The van der Waals surface area contributed by atoms with Crippen LogP contribution in [0.5, 0.6) is 0 Å². The van der Waals surface area contributed by atoms with Gasteiger partial charge in [0.2, 0.25) is 0 Å². The Morgan fingerprint density at radius 3 is 2.68 bits per heavy atom. The molecule has 1 saturated carbocycles. The zero-order valence-electron chi connectivity index (χ0n) is 17.2.